The van der Waals surface area contributed by atoms with E-state index >= 15 is 0 Å². The van der Waals surface area contributed by atoms with E-state index in [0.29, 0.717) is 16.5 Å². The second-order valence-corrected chi connectivity index (χ2v) is 6.80. The first-order chi connectivity index (χ1) is 13.5. The fraction of sp³-hybridized carbons (Fsp3) is 0.316. The number of rotatable bonds is 5. The third-order valence-corrected chi connectivity index (χ3v) is 4.50. The van der Waals surface area contributed by atoms with Gasteiger partial charge in [-0.2, -0.15) is 0 Å². The van der Waals surface area contributed by atoms with Crippen LogP contribution in [0.2, 0.25) is 5.02 Å². The zero-order valence-corrected chi connectivity index (χ0v) is 16.1. The average Bonchev–Trinajstić information content (AvgIpc) is 2.69. The number of halogens is 1. The van der Waals surface area contributed by atoms with Crippen LogP contribution in [0, 0.1) is 0 Å². The van der Waals surface area contributed by atoms with Crippen LogP contribution < -0.4 is 9.47 Å². The molecular formula is C19H19ClO7S. The zero-order valence-electron chi connectivity index (χ0n) is 14.6. The van der Waals surface area contributed by atoms with Crippen molar-refractivity contribution in [3.05, 3.63) is 59.6 Å². The molecule has 3 N–H and O–H groups in total. The summed E-state index contributed by atoms with van der Waals surface area (Å²) >= 11 is 10.9. The Bertz CT molecular complexity index is 774. The highest BCUT2D eigenvalue weighted by atomic mass is 35.5. The molecule has 1 aliphatic heterocycles. The second kappa shape index (κ2) is 9.51. The molecule has 1 saturated heterocycles. The molecule has 9 heteroatoms. The van der Waals surface area contributed by atoms with Gasteiger partial charge in [0, 0.05) is 17.2 Å². The number of aliphatic hydroxyl groups is 3. The van der Waals surface area contributed by atoms with E-state index in [-0.39, 0.29) is 5.24 Å². The van der Waals surface area contributed by atoms with Crippen LogP contribution in [0.15, 0.2) is 54.6 Å². The Labute approximate surface area is 172 Å². The lowest BCUT2D eigenvalue weighted by molar-refractivity contribution is -0.275. The van der Waals surface area contributed by atoms with Crippen molar-refractivity contribution in [3.63, 3.8) is 0 Å². The van der Waals surface area contributed by atoms with Crippen molar-refractivity contribution >= 4 is 29.1 Å². The molecule has 5 atom stereocenters. The van der Waals surface area contributed by atoms with Crippen molar-refractivity contribution in [1.82, 2.24) is 0 Å². The fourth-order valence-electron chi connectivity index (χ4n) is 2.66. The maximum Gasteiger partial charge on any atom is 0.358 e. The van der Waals surface area contributed by atoms with Gasteiger partial charge in [-0.25, -0.2) is 0 Å². The number of benzene rings is 2. The zero-order chi connectivity index (χ0) is 20.1. The summed E-state index contributed by atoms with van der Waals surface area (Å²) in [6, 6.07) is 15.1. The molecule has 0 unspecified atom stereocenters. The molecule has 1 aliphatic rings. The van der Waals surface area contributed by atoms with Gasteiger partial charge in [-0.05, 0) is 36.4 Å². The van der Waals surface area contributed by atoms with Gasteiger partial charge in [-0.15, -0.1) is 0 Å². The third kappa shape index (κ3) is 5.11. The molecule has 0 radical (unpaired) electrons. The van der Waals surface area contributed by atoms with E-state index in [0.717, 1.165) is 0 Å². The van der Waals surface area contributed by atoms with Gasteiger partial charge in [0.1, 0.15) is 23.7 Å². The van der Waals surface area contributed by atoms with Crippen LogP contribution >= 0.6 is 23.8 Å². The van der Waals surface area contributed by atoms with Gasteiger partial charge < -0.3 is 34.3 Å². The highest BCUT2D eigenvalue weighted by Gasteiger charge is 2.47. The van der Waals surface area contributed by atoms with E-state index < -0.39 is 37.3 Å². The molecule has 7 nitrogen and oxygen atoms in total. The van der Waals surface area contributed by atoms with Crippen LogP contribution in [0.25, 0.3) is 0 Å². The lowest BCUT2D eigenvalue weighted by Gasteiger charge is -2.41. The molecular weight excluding hydrogens is 408 g/mol. The lowest BCUT2D eigenvalue weighted by atomic mass is 9.99. The quantitative estimate of drug-likeness (QED) is 0.624. The summed E-state index contributed by atoms with van der Waals surface area (Å²) in [6.07, 6.45) is -6.27. The van der Waals surface area contributed by atoms with Gasteiger partial charge in [0.15, 0.2) is 12.2 Å². The number of thiocarbonyl (C=S) groups is 1. The first kappa shape index (κ1) is 20.8. The van der Waals surface area contributed by atoms with Crippen molar-refractivity contribution in [1.29, 1.82) is 0 Å². The topological polar surface area (TPSA) is 97.6 Å². The molecule has 0 aliphatic carbocycles. The van der Waals surface area contributed by atoms with Gasteiger partial charge in [-0.3, -0.25) is 0 Å². The van der Waals surface area contributed by atoms with Crippen molar-refractivity contribution < 1.29 is 34.3 Å². The van der Waals surface area contributed by atoms with Crippen molar-refractivity contribution in [2.75, 3.05) is 6.61 Å². The Hall–Kier alpha value is -1.94. The summed E-state index contributed by atoms with van der Waals surface area (Å²) in [6.45, 7) is -0.513. The Kier molecular flexibility index (Phi) is 7.06. The van der Waals surface area contributed by atoms with Crippen LogP contribution in [-0.2, 0) is 9.47 Å². The molecule has 2 aromatic carbocycles. The molecule has 0 saturated carbocycles. The monoisotopic (exact) mass is 426 g/mol. The number of aliphatic hydroxyl groups excluding tert-OH is 3. The minimum absolute atomic E-state index is 0.293. The van der Waals surface area contributed by atoms with E-state index in [1.54, 1.807) is 48.5 Å². The number of hydrogen-bond donors (Lipinski definition) is 3. The van der Waals surface area contributed by atoms with Gasteiger partial charge in [0.05, 0.1) is 6.61 Å². The van der Waals surface area contributed by atoms with Crippen LogP contribution in [0.4, 0.5) is 0 Å². The summed E-state index contributed by atoms with van der Waals surface area (Å²) in [5.41, 5.74) is 0. The van der Waals surface area contributed by atoms with E-state index in [1.807, 2.05) is 6.07 Å². The average molecular weight is 427 g/mol. The normalized spacial score (nSPS) is 27.1. The highest BCUT2D eigenvalue weighted by Crippen LogP contribution is 2.27. The standard InChI is InChI=1S/C19H19ClO7S/c20-11-6-8-13(9-7-11)24-18-16(23)17(15(22)14(10-21)26-18)27-19(28)25-12-4-2-1-3-5-12/h1-9,14-18,21-23H,10H2/t14-,15+,16-,17+,18+/m1/s1. The number of para-hydroxylation sites is 1. The Morgan fingerprint density at radius 1 is 1.00 bits per heavy atom. The molecule has 0 aromatic heterocycles. The Morgan fingerprint density at radius 3 is 2.32 bits per heavy atom. The van der Waals surface area contributed by atoms with Crippen LogP contribution in [0.5, 0.6) is 11.5 Å². The predicted octanol–water partition coefficient (Wildman–Crippen LogP) is 1.91. The molecule has 3 rings (SSSR count). The summed E-state index contributed by atoms with van der Waals surface area (Å²) in [5, 5.41) is 30.7. The molecule has 0 bridgehead atoms. The van der Waals surface area contributed by atoms with E-state index in [1.165, 1.54) is 0 Å². The molecule has 0 spiro atoms. The highest BCUT2D eigenvalue weighted by molar-refractivity contribution is 7.79. The van der Waals surface area contributed by atoms with Gasteiger partial charge in [0.2, 0.25) is 6.29 Å². The van der Waals surface area contributed by atoms with Gasteiger partial charge in [-0.1, -0.05) is 29.8 Å². The largest absolute Gasteiger partial charge is 0.462 e. The Morgan fingerprint density at radius 2 is 1.68 bits per heavy atom. The molecule has 150 valence electrons. The minimum Gasteiger partial charge on any atom is -0.462 e. The molecule has 1 heterocycles. The molecule has 0 amide bonds. The number of ether oxygens (including phenoxy) is 4. The first-order valence-electron chi connectivity index (χ1n) is 8.46. The van der Waals surface area contributed by atoms with Gasteiger partial charge >= 0.3 is 5.24 Å². The van der Waals surface area contributed by atoms with Gasteiger partial charge in [0.25, 0.3) is 0 Å². The summed E-state index contributed by atoms with van der Waals surface area (Å²) < 4.78 is 21.9. The second-order valence-electron chi connectivity index (χ2n) is 6.03. The van der Waals surface area contributed by atoms with Crippen molar-refractivity contribution in [3.8, 4) is 11.5 Å². The third-order valence-electron chi connectivity index (χ3n) is 4.06. The first-order valence-corrected chi connectivity index (χ1v) is 9.24. The molecule has 2 aromatic rings. The van der Waals surface area contributed by atoms with Crippen LogP contribution in [-0.4, -0.2) is 57.9 Å². The van der Waals surface area contributed by atoms with E-state index in [2.05, 4.69) is 0 Å². The SMILES string of the molecule is OC[C@H]1O[C@H](Oc2ccc(Cl)cc2)[C@H](O)[C@@H](OC(=S)Oc2ccccc2)[C@H]1O. The van der Waals surface area contributed by atoms with Crippen molar-refractivity contribution in [2.24, 2.45) is 0 Å². The molecule has 28 heavy (non-hydrogen) atoms. The minimum atomic E-state index is -1.41. The Balaban J connectivity index is 1.70. The van der Waals surface area contributed by atoms with E-state index in [9.17, 15) is 15.3 Å². The maximum atomic E-state index is 10.6. The summed E-state index contributed by atoms with van der Waals surface area (Å²) in [4.78, 5) is 0. The van der Waals surface area contributed by atoms with Crippen LogP contribution in [0.1, 0.15) is 0 Å². The summed E-state index contributed by atoms with van der Waals surface area (Å²) in [5.74, 6) is 0.819. The smallest absolute Gasteiger partial charge is 0.358 e. The van der Waals surface area contributed by atoms with E-state index in [4.69, 9.17) is 42.8 Å². The summed E-state index contributed by atoms with van der Waals surface area (Å²) in [7, 11) is 0. The predicted molar refractivity (Wildman–Crippen MR) is 104 cm³/mol. The van der Waals surface area contributed by atoms with Crippen molar-refractivity contribution in [2.45, 2.75) is 30.7 Å². The fourth-order valence-corrected chi connectivity index (χ4v) is 2.99. The lowest BCUT2D eigenvalue weighted by Crippen LogP contribution is -2.61. The van der Waals surface area contributed by atoms with Crippen LogP contribution in [0.3, 0.4) is 0 Å². The molecule has 1 fully saturated rings. The number of hydrogen-bond acceptors (Lipinski definition) is 8. The maximum absolute atomic E-state index is 10.6.